The number of carbonyl (C=O) groups excluding carboxylic acids is 2. The first-order valence-electron chi connectivity index (χ1n) is 13.5. The summed E-state index contributed by atoms with van der Waals surface area (Å²) in [6.07, 6.45) is 6.02. The third-order valence-corrected chi connectivity index (χ3v) is 7.61. The van der Waals surface area contributed by atoms with Crippen LogP contribution in [0.25, 0.3) is 0 Å². The number of benzene rings is 1. The molecule has 4 atom stereocenters. The number of ether oxygens (including phenoxy) is 2. The van der Waals surface area contributed by atoms with E-state index in [1.165, 1.54) is 5.56 Å². The quantitative estimate of drug-likeness (QED) is 0.625. The predicted molar refractivity (Wildman–Crippen MR) is 140 cm³/mol. The highest BCUT2D eigenvalue weighted by atomic mass is 16.6. The van der Waals surface area contributed by atoms with Gasteiger partial charge in [0.1, 0.15) is 12.2 Å². The molecule has 2 saturated heterocycles. The maximum absolute atomic E-state index is 13.3. The molecule has 1 aliphatic carbocycles. The fraction of sp³-hybridized carbons (Fsp3) is 0.552. The molecule has 8 nitrogen and oxygen atoms in total. The molecule has 37 heavy (non-hydrogen) atoms. The average Bonchev–Trinajstić information content (AvgIpc) is 3.20. The number of aromatic nitrogens is 1. The van der Waals surface area contributed by atoms with Crippen LogP contribution in [0.5, 0.6) is 0 Å². The van der Waals surface area contributed by atoms with Crippen LogP contribution in [0.4, 0.5) is 9.59 Å². The molecule has 8 heteroatoms. The van der Waals surface area contributed by atoms with Gasteiger partial charge in [-0.05, 0) is 70.1 Å². The van der Waals surface area contributed by atoms with Crippen molar-refractivity contribution >= 4 is 12.2 Å². The number of aryl methyl sites for hydroxylation is 1. The van der Waals surface area contributed by atoms with E-state index in [1.807, 2.05) is 73.2 Å². The fourth-order valence-electron chi connectivity index (χ4n) is 5.97. The molecule has 0 radical (unpaired) electrons. The van der Waals surface area contributed by atoms with Crippen molar-refractivity contribution in [1.82, 2.24) is 20.1 Å². The van der Waals surface area contributed by atoms with Gasteiger partial charge in [-0.1, -0.05) is 36.4 Å². The van der Waals surface area contributed by atoms with Crippen molar-refractivity contribution < 1.29 is 19.1 Å². The van der Waals surface area contributed by atoms with Crippen LogP contribution in [-0.4, -0.2) is 63.8 Å². The number of carbonyl (C=O) groups is 2. The lowest BCUT2D eigenvalue weighted by Gasteiger charge is -2.46. The zero-order valence-electron chi connectivity index (χ0n) is 22.1. The van der Waals surface area contributed by atoms with Crippen molar-refractivity contribution in [2.24, 2.45) is 0 Å². The van der Waals surface area contributed by atoms with Gasteiger partial charge in [-0.25, -0.2) is 9.59 Å². The number of hydrogen-bond donors (Lipinski definition) is 1. The van der Waals surface area contributed by atoms with E-state index in [4.69, 9.17) is 9.47 Å². The molecule has 1 N–H and O–H groups in total. The Morgan fingerprint density at radius 2 is 1.86 bits per heavy atom. The highest BCUT2D eigenvalue weighted by molar-refractivity contribution is 5.72. The number of amides is 2. The lowest BCUT2D eigenvalue weighted by atomic mass is 9.91. The smallest absolute Gasteiger partial charge is 0.410 e. The minimum absolute atomic E-state index is 0.0749. The molecule has 2 aliphatic heterocycles. The normalized spacial score (nSPS) is 24.9. The average molecular weight is 507 g/mol. The van der Waals surface area contributed by atoms with Crippen molar-refractivity contribution in [2.45, 2.75) is 89.3 Å². The van der Waals surface area contributed by atoms with Gasteiger partial charge >= 0.3 is 12.2 Å². The first-order valence-corrected chi connectivity index (χ1v) is 13.5. The van der Waals surface area contributed by atoms with E-state index in [0.717, 1.165) is 43.4 Å². The number of piperazine rings is 1. The van der Waals surface area contributed by atoms with E-state index < -0.39 is 5.60 Å². The zero-order chi connectivity index (χ0) is 26.0. The van der Waals surface area contributed by atoms with Crippen LogP contribution < -0.4 is 5.32 Å². The molecule has 3 heterocycles. The summed E-state index contributed by atoms with van der Waals surface area (Å²) in [5.41, 5.74) is 2.74. The summed E-state index contributed by atoms with van der Waals surface area (Å²) in [6.45, 7) is 6.88. The van der Waals surface area contributed by atoms with E-state index in [1.54, 1.807) is 0 Å². The molecule has 3 aliphatic rings. The minimum atomic E-state index is -0.591. The van der Waals surface area contributed by atoms with E-state index in [2.05, 4.69) is 16.4 Å². The van der Waals surface area contributed by atoms with Crippen LogP contribution in [0.15, 0.2) is 48.7 Å². The molecule has 2 amide bonds. The molecule has 1 unspecified atom stereocenters. The Labute approximate surface area is 219 Å². The number of pyridine rings is 1. The first kappa shape index (κ1) is 25.5. The lowest BCUT2D eigenvalue weighted by Crippen LogP contribution is -2.65. The summed E-state index contributed by atoms with van der Waals surface area (Å²) in [7, 11) is 0. The third kappa shape index (κ3) is 5.74. The van der Waals surface area contributed by atoms with Gasteiger partial charge in [-0.2, -0.15) is 0 Å². The van der Waals surface area contributed by atoms with Crippen LogP contribution in [0.2, 0.25) is 0 Å². The number of nitrogens with zero attached hydrogens (tertiary/aromatic N) is 3. The Morgan fingerprint density at radius 3 is 2.65 bits per heavy atom. The van der Waals surface area contributed by atoms with Gasteiger partial charge in [0.25, 0.3) is 0 Å². The van der Waals surface area contributed by atoms with Crippen molar-refractivity contribution in [3.63, 3.8) is 0 Å². The molecule has 2 fully saturated rings. The second-order valence-electron chi connectivity index (χ2n) is 11.3. The van der Waals surface area contributed by atoms with Crippen molar-refractivity contribution in [3.05, 3.63) is 65.5 Å². The number of rotatable bonds is 5. The monoisotopic (exact) mass is 506 g/mol. The Balaban J connectivity index is 1.33. The van der Waals surface area contributed by atoms with Crippen LogP contribution in [0, 0.1) is 0 Å². The SMILES string of the molecule is CC(C)(C)OC(=O)N1C[C@@H]2CC[C@H](C1CN[C@H]1CCCc3cccnc31)N2C(=O)OCc1ccccc1. The highest BCUT2D eigenvalue weighted by Gasteiger charge is 2.51. The summed E-state index contributed by atoms with van der Waals surface area (Å²) in [5.74, 6) is 0. The van der Waals surface area contributed by atoms with E-state index in [9.17, 15) is 9.59 Å². The summed E-state index contributed by atoms with van der Waals surface area (Å²) in [6, 6.07) is 13.6. The maximum atomic E-state index is 13.3. The van der Waals surface area contributed by atoms with Gasteiger partial charge in [-0.15, -0.1) is 0 Å². The van der Waals surface area contributed by atoms with E-state index in [0.29, 0.717) is 13.1 Å². The summed E-state index contributed by atoms with van der Waals surface area (Å²) in [5, 5.41) is 3.70. The van der Waals surface area contributed by atoms with Crippen LogP contribution in [0.1, 0.15) is 69.3 Å². The largest absolute Gasteiger partial charge is 0.445 e. The molecule has 2 bridgehead atoms. The Morgan fingerprint density at radius 1 is 1.05 bits per heavy atom. The van der Waals surface area contributed by atoms with Gasteiger partial charge in [0.2, 0.25) is 0 Å². The molecule has 1 aromatic heterocycles. The third-order valence-electron chi connectivity index (χ3n) is 7.61. The Hall–Kier alpha value is -3.13. The van der Waals surface area contributed by atoms with Crippen molar-refractivity contribution in [1.29, 1.82) is 0 Å². The van der Waals surface area contributed by atoms with Crippen LogP contribution in [-0.2, 0) is 22.5 Å². The Kier molecular flexibility index (Phi) is 7.38. The number of fused-ring (bicyclic) bond motifs is 3. The van der Waals surface area contributed by atoms with Gasteiger partial charge < -0.3 is 14.8 Å². The lowest BCUT2D eigenvalue weighted by molar-refractivity contribution is -0.0228. The van der Waals surface area contributed by atoms with E-state index >= 15 is 0 Å². The minimum Gasteiger partial charge on any atom is -0.445 e. The summed E-state index contributed by atoms with van der Waals surface area (Å²) < 4.78 is 11.5. The summed E-state index contributed by atoms with van der Waals surface area (Å²) in [4.78, 5) is 35.0. The molecular weight excluding hydrogens is 468 g/mol. The van der Waals surface area contributed by atoms with Crippen molar-refractivity contribution in [2.75, 3.05) is 13.1 Å². The van der Waals surface area contributed by atoms with Gasteiger partial charge in [0.15, 0.2) is 0 Å². The highest BCUT2D eigenvalue weighted by Crippen LogP contribution is 2.36. The molecular formula is C29H38N4O4. The summed E-state index contributed by atoms with van der Waals surface area (Å²) >= 11 is 0. The first-order chi connectivity index (χ1) is 17.8. The standard InChI is InChI=1S/C29H38N4O4/c1-29(2,3)37-27(34)32-18-22-14-15-24(33(22)28(35)36-19-20-9-5-4-6-10-20)25(32)17-31-23-13-7-11-21-12-8-16-30-26(21)23/h4-6,8-10,12,16,22-25,31H,7,11,13-15,17-19H2,1-3H3/t22-,23-,24+,25?/m0/s1. The molecule has 198 valence electrons. The van der Waals surface area contributed by atoms with Crippen LogP contribution >= 0.6 is 0 Å². The number of nitrogens with one attached hydrogen (secondary N) is 1. The second kappa shape index (κ2) is 10.7. The molecule has 2 aromatic rings. The molecule has 0 saturated carbocycles. The molecule has 1 aromatic carbocycles. The van der Waals surface area contributed by atoms with Crippen molar-refractivity contribution in [3.8, 4) is 0 Å². The van der Waals surface area contributed by atoms with Gasteiger partial charge in [-0.3, -0.25) is 14.8 Å². The molecule has 5 rings (SSSR count). The van der Waals surface area contributed by atoms with E-state index in [-0.39, 0.29) is 43.0 Å². The number of hydrogen-bond acceptors (Lipinski definition) is 6. The second-order valence-corrected chi connectivity index (χ2v) is 11.3. The topological polar surface area (TPSA) is 84.0 Å². The predicted octanol–water partition coefficient (Wildman–Crippen LogP) is 4.84. The number of likely N-dealkylation sites (tertiary alicyclic amines) is 1. The van der Waals surface area contributed by atoms with Gasteiger partial charge in [0, 0.05) is 25.3 Å². The molecule has 0 spiro atoms. The fourth-order valence-corrected chi connectivity index (χ4v) is 5.97. The maximum Gasteiger partial charge on any atom is 0.410 e. The Bertz CT molecular complexity index is 1100. The zero-order valence-corrected chi connectivity index (χ0v) is 22.1. The van der Waals surface area contributed by atoms with Crippen LogP contribution in [0.3, 0.4) is 0 Å². The van der Waals surface area contributed by atoms with Gasteiger partial charge in [0.05, 0.1) is 23.8 Å².